The first-order chi connectivity index (χ1) is 15.4. The van der Waals surface area contributed by atoms with Gasteiger partial charge in [-0.25, -0.2) is 22.8 Å². The lowest BCUT2D eigenvalue weighted by atomic mass is 10.1. The van der Waals surface area contributed by atoms with Gasteiger partial charge in [-0.05, 0) is 52.7 Å². The first-order valence-electron chi connectivity index (χ1n) is 9.58. The zero-order valence-electron chi connectivity index (χ0n) is 16.7. The van der Waals surface area contributed by atoms with Crippen LogP contribution in [0.2, 0.25) is 0 Å². The molecule has 162 valence electrons. The molecule has 0 aliphatic heterocycles. The summed E-state index contributed by atoms with van der Waals surface area (Å²) in [5.41, 5.74) is -0.653. The van der Waals surface area contributed by atoms with Gasteiger partial charge in [0.15, 0.2) is 11.6 Å². The van der Waals surface area contributed by atoms with Gasteiger partial charge in [0.2, 0.25) is 0 Å². The van der Waals surface area contributed by atoms with Crippen molar-refractivity contribution in [3.63, 3.8) is 0 Å². The second kappa shape index (κ2) is 8.50. The number of amides is 1. The lowest BCUT2D eigenvalue weighted by Gasteiger charge is -2.20. The number of carbonyl (C=O) groups is 1. The Bertz CT molecular complexity index is 1330. The minimum Gasteiger partial charge on any atom is -0.290 e. The Kier molecular flexibility index (Phi) is 5.59. The van der Waals surface area contributed by atoms with Gasteiger partial charge in [-0.2, -0.15) is 4.68 Å². The number of carbonyl (C=O) groups excluding carboxylic acids is 1. The van der Waals surface area contributed by atoms with Gasteiger partial charge >= 0.3 is 11.7 Å². The zero-order valence-corrected chi connectivity index (χ0v) is 16.7. The van der Waals surface area contributed by atoms with Crippen LogP contribution in [0, 0.1) is 17.5 Å². The molecule has 0 fully saturated rings. The van der Waals surface area contributed by atoms with Gasteiger partial charge in [0, 0.05) is 6.54 Å². The summed E-state index contributed by atoms with van der Waals surface area (Å²) >= 11 is 0. The van der Waals surface area contributed by atoms with Gasteiger partial charge < -0.3 is 0 Å². The van der Waals surface area contributed by atoms with E-state index in [0.29, 0.717) is 14.9 Å². The fourth-order valence-electron chi connectivity index (χ4n) is 3.26. The summed E-state index contributed by atoms with van der Waals surface area (Å²) in [6.45, 7) is 1.57. The highest BCUT2D eigenvalue weighted by Gasteiger charge is 2.26. The van der Waals surface area contributed by atoms with Gasteiger partial charge in [-0.1, -0.05) is 42.5 Å². The van der Waals surface area contributed by atoms with Gasteiger partial charge in [-0.3, -0.25) is 4.90 Å². The Hall–Kier alpha value is -4.21. The highest BCUT2D eigenvalue weighted by molar-refractivity contribution is 5.93. The summed E-state index contributed by atoms with van der Waals surface area (Å²) < 4.78 is 43.6. The highest BCUT2D eigenvalue weighted by Crippen LogP contribution is 2.27. The first-order valence-corrected chi connectivity index (χ1v) is 9.58. The van der Waals surface area contributed by atoms with E-state index in [1.165, 1.54) is 12.1 Å². The maximum atomic E-state index is 14.9. The molecular formula is C22H16F3N5O2. The van der Waals surface area contributed by atoms with E-state index in [0.717, 1.165) is 28.7 Å². The molecule has 0 radical (unpaired) electrons. The molecule has 32 heavy (non-hydrogen) atoms. The molecule has 0 N–H and O–H groups in total. The number of rotatable bonds is 4. The van der Waals surface area contributed by atoms with Crippen molar-refractivity contribution < 1.29 is 18.0 Å². The summed E-state index contributed by atoms with van der Waals surface area (Å²) in [4.78, 5) is 26.5. The van der Waals surface area contributed by atoms with E-state index in [1.807, 2.05) is 30.3 Å². The van der Waals surface area contributed by atoms with Crippen molar-refractivity contribution in [1.29, 1.82) is 0 Å². The Morgan fingerprint density at radius 1 is 0.875 bits per heavy atom. The minimum atomic E-state index is -1.20. The van der Waals surface area contributed by atoms with Crippen molar-refractivity contribution in [3.8, 4) is 16.8 Å². The SMILES string of the molecule is CCN(C(=O)n1nnn(-c2c(F)cccc2F)c1=O)c1ccc(-c2ccccc2)cc1F. The number of hydrogen-bond donors (Lipinski definition) is 0. The number of para-hydroxylation sites is 1. The Morgan fingerprint density at radius 3 is 2.19 bits per heavy atom. The van der Waals surface area contributed by atoms with Crippen LogP contribution in [0.5, 0.6) is 0 Å². The lowest BCUT2D eigenvalue weighted by molar-refractivity contribution is 0.244. The molecule has 7 nitrogen and oxygen atoms in total. The molecule has 4 aromatic rings. The number of aromatic nitrogens is 4. The fraction of sp³-hybridized carbons (Fsp3) is 0.0909. The summed E-state index contributed by atoms with van der Waals surface area (Å²) in [5, 5.41) is 6.84. The quantitative estimate of drug-likeness (QED) is 0.451. The summed E-state index contributed by atoms with van der Waals surface area (Å²) in [7, 11) is 0. The molecular weight excluding hydrogens is 423 g/mol. The molecule has 1 aromatic heterocycles. The van der Waals surface area contributed by atoms with E-state index in [2.05, 4.69) is 10.4 Å². The van der Waals surface area contributed by atoms with Crippen LogP contribution in [0.3, 0.4) is 0 Å². The summed E-state index contributed by atoms with van der Waals surface area (Å²) in [6, 6.07) is 15.4. The van der Waals surface area contributed by atoms with Crippen molar-refractivity contribution in [2.24, 2.45) is 0 Å². The number of hydrogen-bond acceptors (Lipinski definition) is 4. The summed E-state index contributed by atoms with van der Waals surface area (Å²) in [6.07, 6.45) is 0. The molecule has 0 bridgehead atoms. The Morgan fingerprint density at radius 2 is 1.56 bits per heavy atom. The Balaban J connectivity index is 1.70. The molecule has 0 spiro atoms. The van der Waals surface area contributed by atoms with Gasteiger partial charge in [0.05, 0.1) is 5.69 Å². The average molecular weight is 439 g/mol. The van der Waals surface area contributed by atoms with E-state index in [1.54, 1.807) is 13.0 Å². The smallest absolute Gasteiger partial charge is 0.290 e. The largest absolute Gasteiger partial charge is 0.377 e. The van der Waals surface area contributed by atoms with Gasteiger partial charge in [0.25, 0.3) is 0 Å². The highest BCUT2D eigenvalue weighted by atomic mass is 19.1. The van der Waals surface area contributed by atoms with E-state index < -0.39 is 34.9 Å². The number of halogens is 3. The molecule has 3 aromatic carbocycles. The van der Waals surface area contributed by atoms with Crippen molar-refractivity contribution in [3.05, 3.63) is 94.7 Å². The minimum absolute atomic E-state index is 0.00615. The van der Waals surface area contributed by atoms with Crippen molar-refractivity contribution in [2.45, 2.75) is 6.92 Å². The molecule has 1 amide bonds. The predicted molar refractivity (Wildman–Crippen MR) is 111 cm³/mol. The molecule has 0 atom stereocenters. The fourth-order valence-corrected chi connectivity index (χ4v) is 3.26. The van der Waals surface area contributed by atoms with Crippen LogP contribution in [0.25, 0.3) is 16.8 Å². The molecule has 4 rings (SSSR count). The van der Waals surface area contributed by atoms with Crippen LogP contribution < -0.4 is 10.6 Å². The van der Waals surface area contributed by atoms with Crippen molar-refractivity contribution in [2.75, 3.05) is 11.4 Å². The number of nitrogens with zero attached hydrogens (tertiary/aromatic N) is 5. The molecule has 0 saturated heterocycles. The third-order valence-corrected chi connectivity index (χ3v) is 4.80. The van der Waals surface area contributed by atoms with E-state index in [9.17, 15) is 22.8 Å². The van der Waals surface area contributed by atoms with Crippen LogP contribution in [0.4, 0.5) is 23.7 Å². The second-order valence-corrected chi connectivity index (χ2v) is 6.71. The molecule has 0 aliphatic rings. The second-order valence-electron chi connectivity index (χ2n) is 6.71. The van der Waals surface area contributed by atoms with E-state index in [-0.39, 0.29) is 12.2 Å². The van der Waals surface area contributed by atoms with E-state index >= 15 is 0 Å². The third-order valence-electron chi connectivity index (χ3n) is 4.80. The van der Waals surface area contributed by atoms with Crippen LogP contribution in [0.1, 0.15) is 6.92 Å². The summed E-state index contributed by atoms with van der Waals surface area (Å²) in [5.74, 6) is -2.80. The first kappa shape index (κ1) is 21.0. The van der Waals surface area contributed by atoms with E-state index in [4.69, 9.17) is 0 Å². The van der Waals surface area contributed by atoms with Crippen LogP contribution in [0.15, 0.2) is 71.5 Å². The van der Waals surface area contributed by atoms with Gasteiger partial charge in [0.1, 0.15) is 11.5 Å². The molecule has 10 heteroatoms. The number of anilines is 1. The standard InChI is InChI=1S/C22H16F3N5O2/c1-2-28(19-12-11-15(13-18(19)25)14-7-4-3-5-8-14)21(31)30-22(32)29(26-27-30)20-16(23)9-6-10-17(20)24/h3-13H,2H2,1H3. The van der Waals surface area contributed by atoms with Crippen molar-refractivity contribution >= 4 is 11.7 Å². The van der Waals surface area contributed by atoms with Crippen LogP contribution in [-0.4, -0.2) is 32.4 Å². The normalized spacial score (nSPS) is 10.9. The Labute approximate surface area is 179 Å². The molecule has 1 heterocycles. The third kappa shape index (κ3) is 3.66. The maximum Gasteiger partial charge on any atom is 0.377 e. The van der Waals surface area contributed by atoms with Crippen LogP contribution in [-0.2, 0) is 0 Å². The number of tetrazole rings is 1. The van der Waals surface area contributed by atoms with Gasteiger partial charge in [-0.15, -0.1) is 4.68 Å². The molecule has 0 aliphatic carbocycles. The monoisotopic (exact) mass is 439 g/mol. The van der Waals surface area contributed by atoms with Crippen molar-refractivity contribution in [1.82, 2.24) is 19.8 Å². The average Bonchev–Trinajstić information content (AvgIpc) is 3.16. The van der Waals surface area contributed by atoms with Crippen LogP contribution >= 0.6 is 0 Å². The number of benzene rings is 3. The predicted octanol–water partition coefficient (Wildman–Crippen LogP) is 4.01. The lowest BCUT2D eigenvalue weighted by Crippen LogP contribution is -2.41. The topological polar surface area (TPSA) is 73.0 Å². The molecule has 0 unspecified atom stereocenters. The maximum absolute atomic E-state index is 14.9. The molecule has 0 saturated carbocycles. The zero-order chi connectivity index (χ0) is 22.8.